The van der Waals surface area contributed by atoms with Gasteiger partial charge in [-0.15, -0.1) is 0 Å². The summed E-state index contributed by atoms with van der Waals surface area (Å²) in [6.07, 6.45) is 0.685. The molecule has 2 aromatic carbocycles. The molecule has 0 saturated heterocycles. The molecule has 1 heterocycles. The average molecular weight is 300 g/mol. The molecule has 2 N–H and O–H groups in total. The molecule has 108 valence electrons. The molecule has 1 unspecified atom stereocenters. The van der Waals surface area contributed by atoms with E-state index < -0.39 is 0 Å². The first kappa shape index (κ1) is 14.1. The molecule has 3 rings (SSSR count). The van der Waals surface area contributed by atoms with E-state index in [1.54, 1.807) is 0 Å². The number of halogens is 1. The van der Waals surface area contributed by atoms with Gasteiger partial charge in [0.2, 0.25) is 0 Å². The van der Waals surface area contributed by atoms with Gasteiger partial charge in [0, 0.05) is 24.5 Å². The van der Waals surface area contributed by atoms with Crippen LogP contribution in [0, 0.1) is 6.92 Å². The van der Waals surface area contributed by atoms with Gasteiger partial charge in [-0.3, -0.25) is 0 Å². The number of fused-ring (bicyclic) bond motifs is 1. The van der Waals surface area contributed by atoms with Gasteiger partial charge in [0.05, 0.1) is 11.0 Å². The van der Waals surface area contributed by atoms with E-state index in [2.05, 4.69) is 21.7 Å². The number of imidazole rings is 1. The molecule has 1 atom stereocenters. The Morgan fingerprint density at radius 3 is 2.71 bits per heavy atom. The Kier molecular flexibility index (Phi) is 3.70. The van der Waals surface area contributed by atoms with Gasteiger partial charge >= 0.3 is 0 Å². The average Bonchev–Trinajstić information content (AvgIpc) is 2.75. The fraction of sp³-hybridized carbons (Fsp3) is 0.235. The minimum absolute atomic E-state index is 0.113. The van der Waals surface area contributed by atoms with Gasteiger partial charge in [-0.2, -0.15) is 0 Å². The van der Waals surface area contributed by atoms with E-state index in [1.807, 2.05) is 44.3 Å². The fourth-order valence-electron chi connectivity index (χ4n) is 2.67. The molecule has 21 heavy (non-hydrogen) atoms. The number of aromatic nitrogens is 2. The van der Waals surface area contributed by atoms with Gasteiger partial charge < -0.3 is 10.3 Å². The van der Waals surface area contributed by atoms with Gasteiger partial charge in [0.1, 0.15) is 5.82 Å². The minimum atomic E-state index is -0.113. The summed E-state index contributed by atoms with van der Waals surface area (Å²) in [6, 6.07) is 14.0. The van der Waals surface area contributed by atoms with Crippen LogP contribution in [-0.2, 0) is 13.5 Å². The molecule has 0 radical (unpaired) electrons. The van der Waals surface area contributed by atoms with Gasteiger partial charge in [0.15, 0.2) is 0 Å². The van der Waals surface area contributed by atoms with E-state index in [4.69, 9.17) is 17.3 Å². The number of nitrogens with two attached hydrogens (primary N) is 1. The quantitative estimate of drug-likeness (QED) is 0.800. The molecule has 3 nitrogen and oxygen atoms in total. The largest absolute Gasteiger partial charge is 0.331 e. The second-order valence-electron chi connectivity index (χ2n) is 5.45. The van der Waals surface area contributed by atoms with Crippen LogP contribution in [0.3, 0.4) is 0 Å². The van der Waals surface area contributed by atoms with Gasteiger partial charge in [0.25, 0.3) is 0 Å². The summed E-state index contributed by atoms with van der Waals surface area (Å²) in [5.74, 6) is 0.987. The molecule has 0 spiro atoms. The maximum Gasteiger partial charge on any atom is 0.111 e. The lowest BCUT2D eigenvalue weighted by Gasteiger charge is -2.13. The topological polar surface area (TPSA) is 43.8 Å². The molecule has 0 aliphatic heterocycles. The standard InChI is InChI=1S/C17H18ClN3/c1-11-7-12(9-13(18)8-11)14(19)10-17-20-15-5-3-4-6-16(15)21(17)2/h3-9,14H,10,19H2,1-2H3. The highest BCUT2D eigenvalue weighted by Crippen LogP contribution is 2.23. The highest BCUT2D eigenvalue weighted by Gasteiger charge is 2.13. The zero-order valence-electron chi connectivity index (χ0n) is 12.2. The van der Waals surface area contributed by atoms with Crippen molar-refractivity contribution in [3.05, 3.63) is 64.4 Å². The molecule has 4 heteroatoms. The summed E-state index contributed by atoms with van der Waals surface area (Å²) in [4.78, 5) is 4.67. The summed E-state index contributed by atoms with van der Waals surface area (Å²) in [6.45, 7) is 2.02. The number of benzene rings is 2. The van der Waals surface area contributed by atoms with E-state index in [0.29, 0.717) is 6.42 Å². The highest BCUT2D eigenvalue weighted by atomic mass is 35.5. The Labute approximate surface area is 129 Å². The van der Waals surface area contributed by atoms with E-state index in [9.17, 15) is 0 Å². The Hall–Kier alpha value is -1.84. The summed E-state index contributed by atoms with van der Waals surface area (Å²) >= 11 is 6.12. The van der Waals surface area contributed by atoms with Gasteiger partial charge in [-0.25, -0.2) is 4.98 Å². The lowest BCUT2D eigenvalue weighted by atomic mass is 10.0. The zero-order valence-corrected chi connectivity index (χ0v) is 12.9. The second kappa shape index (κ2) is 5.51. The first-order valence-corrected chi connectivity index (χ1v) is 7.35. The maximum absolute atomic E-state index is 6.34. The molecule has 0 aliphatic carbocycles. The second-order valence-corrected chi connectivity index (χ2v) is 5.88. The van der Waals surface area contributed by atoms with E-state index >= 15 is 0 Å². The number of para-hydroxylation sites is 2. The van der Waals surface area contributed by atoms with Gasteiger partial charge in [-0.1, -0.05) is 29.8 Å². The normalized spacial score (nSPS) is 12.8. The van der Waals surface area contributed by atoms with E-state index in [0.717, 1.165) is 33.0 Å². The maximum atomic E-state index is 6.34. The molecule has 0 aliphatic rings. The molecule has 3 aromatic rings. The lowest BCUT2D eigenvalue weighted by Crippen LogP contribution is -2.16. The van der Waals surface area contributed by atoms with Crippen LogP contribution in [0.15, 0.2) is 42.5 Å². The van der Waals surface area contributed by atoms with Crippen LogP contribution in [0.5, 0.6) is 0 Å². The monoisotopic (exact) mass is 299 g/mol. The molecule has 0 saturated carbocycles. The van der Waals surface area contributed by atoms with E-state index in [-0.39, 0.29) is 6.04 Å². The lowest BCUT2D eigenvalue weighted by molar-refractivity contribution is 0.665. The fourth-order valence-corrected chi connectivity index (χ4v) is 2.97. The Balaban J connectivity index is 1.92. The minimum Gasteiger partial charge on any atom is -0.331 e. The van der Waals surface area contributed by atoms with Crippen molar-refractivity contribution in [1.82, 2.24) is 9.55 Å². The molecule has 0 bridgehead atoms. The Morgan fingerprint density at radius 2 is 2.00 bits per heavy atom. The third-order valence-corrected chi connectivity index (χ3v) is 3.99. The predicted octanol–water partition coefficient (Wildman–Crippen LogP) is 3.78. The molecule has 1 aromatic heterocycles. The predicted molar refractivity (Wildman–Crippen MR) is 87.5 cm³/mol. The van der Waals surface area contributed by atoms with Crippen LogP contribution in [0.2, 0.25) is 5.02 Å². The smallest absolute Gasteiger partial charge is 0.111 e. The number of rotatable bonds is 3. The van der Waals surface area contributed by atoms with Crippen molar-refractivity contribution >= 4 is 22.6 Å². The Bertz CT molecular complexity index is 772. The molecular formula is C17H18ClN3. The van der Waals surface area contributed by atoms with Crippen molar-refractivity contribution in [1.29, 1.82) is 0 Å². The highest BCUT2D eigenvalue weighted by molar-refractivity contribution is 6.30. The van der Waals surface area contributed by atoms with Crippen LogP contribution in [0.4, 0.5) is 0 Å². The van der Waals surface area contributed by atoms with Gasteiger partial charge in [-0.05, 0) is 42.3 Å². The summed E-state index contributed by atoms with van der Waals surface area (Å²) in [7, 11) is 2.03. The van der Waals surface area contributed by atoms with Crippen LogP contribution in [-0.4, -0.2) is 9.55 Å². The molecule has 0 fully saturated rings. The first-order valence-electron chi connectivity index (χ1n) is 6.97. The van der Waals surface area contributed by atoms with Crippen molar-refractivity contribution in [3.8, 4) is 0 Å². The van der Waals surface area contributed by atoms with Crippen LogP contribution >= 0.6 is 11.6 Å². The number of hydrogen-bond acceptors (Lipinski definition) is 2. The summed E-state index contributed by atoms with van der Waals surface area (Å²) in [5, 5.41) is 0.727. The van der Waals surface area contributed by atoms with Crippen molar-refractivity contribution in [2.24, 2.45) is 12.8 Å². The van der Waals surface area contributed by atoms with Crippen LogP contribution in [0.25, 0.3) is 11.0 Å². The van der Waals surface area contributed by atoms with Crippen molar-refractivity contribution in [2.75, 3.05) is 0 Å². The number of hydrogen-bond donors (Lipinski definition) is 1. The number of nitrogens with zero attached hydrogens (tertiary/aromatic N) is 2. The SMILES string of the molecule is Cc1cc(Cl)cc(C(N)Cc2nc3ccccc3n2C)c1. The summed E-state index contributed by atoms with van der Waals surface area (Å²) < 4.78 is 2.10. The third kappa shape index (κ3) is 2.80. The van der Waals surface area contributed by atoms with Crippen molar-refractivity contribution in [3.63, 3.8) is 0 Å². The summed E-state index contributed by atoms with van der Waals surface area (Å²) in [5.41, 5.74) is 10.6. The van der Waals surface area contributed by atoms with Crippen LogP contribution in [0.1, 0.15) is 23.0 Å². The van der Waals surface area contributed by atoms with E-state index in [1.165, 1.54) is 0 Å². The Morgan fingerprint density at radius 1 is 1.24 bits per heavy atom. The van der Waals surface area contributed by atoms with Crippen molar-refractivity contribution in [2.45, 2.75) is 19.4 Å². The number of aryl methyl sites for hydroxylation is 2. The zero-order chi connectivity index (χ0) is 15.0. The van der Waals surface area contributed by atoms with Crippen molar-refractivity contribution < 1.29 is 0 Å². The molecular weight excluding hydrogens is 282 g/mol. The third-order valence-electron chi connectivity index (χ3n) is 3.77. The first-order chi connectivity index (χ1) is 10.0. The van der Waals surface area contributed by atoms with Crippen LogP contribution < -0.4 is 5.73 Å². The molecule has 0 amide bonds.